The van der Waals surface area contributed by atoms with E-state index >= 15 is 0 Å². The molecule has 0 bridgehead atoms. The van der Waals surface area contributed by atoms with Crippen LogP contribution in [0.25, 0.3) is 0 Å². The Morgan fingerprint density at radius 3 is 0.824 bits per heavy atom. The van der Waals surface area contributed by atoms with Gasteiger partial charge in [-0.05, 0) is 36.2 Å². The van der Waals surface area contributed by atoms with Crippen LogP contribution in [0.4, 0.5) is 114 Å². The minimum atomic E-state index is -8.32. The van der Waals surface area contributed by atoms with E-state index < -0.39 is 122 Å². The van der Waals surface area contributed by atoms with Crippen LogP contribution in [0.3, 0.4) is 0 Å². The zero-order chi connectivity index (χ0) is 41.9. The van der Waals surface area contributed by atoms with Gasteiger partial charge in [0.15, 0.2) is 0 Å². The molecule has 1 atom stereocenters. The van der Waals surface area contributed by atoms with Gasteiger partial charge in [-0.25, -0.2) is 0 Å². The Morgan fingerprint density at radius 2 is 0.608 bits per heavy atom. The van der Waals surface area contributed by atoms with E-state index in [-0.39, 0.29) is 6.42 Å². The molecule has 51 heavy (non-hydrogen) atoms. The molecule has 0 aliphatic rings. The lowest BCUT2D eigenvalue weighted by Gasteiger charge is -2.40. The Bertz CT molecular complexity index is 1080. The van der Waals surface area contributed by atoms with Crippen LogP contribution in [0.5, 0.6) is 0 Å². The van der Waals surface area contributed by atoms with E-state index in [0.29, 0.717) is 0 Å². The molecule has 0 nitrogen and oxygen atoms in total. The topological polar surface area (TPSA) is 0 Å². The molecule has 0 rings (SSSR count). The Hall–Kier alpha value is -1.39. The molecule has 1 unspecified atom stereocenters. The predicted octanol–water partition coefficient (Wildman–Crippen LogP) is 12.8. The van der Waals surface area contributed by atoms with Crippen molar-refractivity contribution in [2.75, 3.05) is 18.5 Å². The maximum absolute atomic E-state index is 14.3. The number of halogens is 26. The lowest BCUT2D eigenvalue weighted by atomic mass is 9.86. The highest BCUT2D eigenvalue weighted by Gasteiger charge is 2.92. The van der Waals surface area contributed by atoms with Crippen molar-refractivity contribution in [1.29, 1.82) is 0 Å². The number of hydrogen-bond acceptors (Lipinski definition) is 0. The van der Waals surface area contributed by atoms with Gasteiger partial charge in [0.2, 0.25) is 0 Å². The van der Waals surface area contributed by atoms with Crippen molar-refractivity contribution in [3.8, 4) is 0 Å². The molecule has 0 saturated heterocycles. The first-order valence-electron chi connectivity index (χ1n) is 13.3. The van der Waals surface area contributed by atoms with E-state index in [1.807, 2.05) is 0 Å². The SMILES string of the molecule is CC(CP(CCC(F)(F)C(F)(F)C(F)(F)C(F)(F)C(F)(F)C(F)(F)F)CCC(F)(F)C(F)(F)C(F)(F)C(F)(F)C(F)(F)C(F)(F)F)CC(C)(C)C. The summed E-state index contributed by atoms with van der Waals surface area (Å²) in [6.07, 6.45) is -26.7. The lowest BCUT2D eigenvalue weighted by Crippen LogP contribution is -2.70. The average molecular weight is 838 g/mol. The van der Waals surface area contributed by atoms with Crippen molar-refractivity contribution in [3.05, 3.63) is 0 Å². The summed E-state index contributed by atoms with van der Waals surface area (Å²) in [5, 5.41) is 0. The Morgan fingerprint density at radius 1 is 0.373 bits per heavy atom. The van der Waals surface area contributed by atoms with Crippen molar-refractivity contribution in [1.82, 2.24) is 0 Å². The zero-order valence-electron chi connectivity index (χ0n) is 25.6. The first-order chi connectivity index (χ1) is 21.7. The molecule has 308 valence electrons. The summed E-state index contributed by atoms with van der Waals surface area (Å²) in [7, 11) is -3.23. The third kappa shape index (κ3) is 8.79. The molecule has 0 saturated carbocycles. The maximum atomic E-state index is 14.3. The van der Waals surface area contributed by atoms with Gasteiger partial charge in [0.1, 0.15) is 0 Å². The van der Waals surface area contributed by atoms with Crippen LogP contribution in [-0.2, 0) is 0 Å². The van der Waals surface area contributed by atoms with Gasteiger partial charge in [0.05, 0.1) is 0 Å². The molecule has 0 fully saturated rings. The highest BCUT2D eigenvalue weighted by Crippen LogP contribution is 2.63. The second kappa shape index (κ2) is 14.0. The quantitative estimate of drug-likeness (QED) is 0.101. The fourth-order valence-corrected chi connectivity index (χ4v) is 7.15. The van der Waals surface area contributed by atoms with Crippen LogP contribution >= 0.6 is 7.92 Å². The second-order valence-electron chi connectivity index (χ2n) is 12.7. The summed E-state index contributed by atoms with van der Waals surface area (Å²) in [4.78, 5) is 0. The molecule has 0 aliphatic carbocycles. The number of alkyl halides is 26. The highest BCUT2D eigenvalue weighted by atomic mass is 31.1. The standard InChI is InChI=1S/C24H25F26P/c1-11(9-12(2,3)4)10-51(7-5-13(25,26)15(29,30)17(33,34)19(37,38)21(41,42)23(45,46)47)8-6-14(27,28)16(31,32)18(35,36)20(39,40)22(43,44)24(48,49)50/h11H,5-10H2,1-4H3. The van der Waals surface area contributed by atoms with E-state index in [1.165, 1.54) is 20.8 Å². The normalized spacial score (nSPS) is 17.0. The Kier molecular flexibility index (Phi) is 13.7. The van der Waals surface area contributed by atoms with Gasteiger partial charge in [0.25, 0.3) is 0 Å². The molecule has 0 amide bonds. The third-order valence-electron chi connectivity index (χ3n) is 7.01. The molecule has 0 spiro atoms. The minimum Gasteiger partial charge on any atom is -0.200 e. The van der Waals surface area contributed by atoms with E-state index in [9.17, 15) is 114 Å². The summed E-state index contributed by atoms with van der Waals surface area (Å²) in [5.74, 6) is -79.7. The molecule has 27 heteroatoms. The summed E-state index contributed by atoms with van der Waals surface area (Å²) >= 11 is 0. The number of rotatable bonds is 17. The number of hydrogen-bond donors (Lipinski definition) is 0. The fourth-order valence-electron chi connectivity index (χ4n) is 4.36. The van der Waals surface area contributed by atoms with Crippen LogP contribution < -0.4 is 0 Å². The molecule has 0 aromatic rings. The van der Waals surface area contributed by atoms with E-state index in [1.54, 1.807) is 0 Å². The maximum Gasteiger partial charge on any atom is 0.460 e. The second-order valence-corrected chi connectivity index (χ2v) is 15.3. The average Bonchev–Trinajstić information content (AvgIpc) is 2.86. The molecular formula is C24H25F26P. The molecule has 0 aliphatic heterocycles. The van der Waals surface area contributed by atoms with Gasteiger partial charge in [-0.3, -0.25) is 0 Å². The van der Waals surface area contributed by atoms with Crippen molar-refractivity contribution in [2.45, 2.75) is 119 Å². The fraction of sp³-hybridized carbons (Fsp3) is 1.00. The van der Waals surface area contributed by atoms with Crippen LogP contribution in [0.15, 0.2) is 0 Å². The van der Waals surface area contributed by atoms with E-state index in [4.69, 9.17) is 0 Å². The molecule has 0 radical (unpaired) electrons. The van der Waals surface area contributed by atoms with Crippen molar-refractivity contribution in [2.24, 2.45) is 11.3 Å². The lowest BCUT2D eigenvalue weighted by molar-refractivity contribution is -0.439. The predicted molar refractivity (Wildman–Crippen MR) is 126 cm³/mol. The van der Waals surface area contributed by atoms with Gasteiger partial charge in [-0.2, -0.15) is 114 Å². The van der Waals surface area contributed by atoms with Gasteiger partial charge in [0, 0.05) is 12.8 Å². The zero-order valence-corrected chi connectivity index (χ0v) is 26.5. The molecule has 0 heterocycles. The smallest absolute Gasteiger partial charge is 0.200 e. The monoisotopic (exact) mass is 838 g/mol. The molecular weight excluding hydrogens is 813 g/mol. The summed E-state index contributed by atoms with van der Waals surface area (Å²) in [6, 6.07) is 0. The van der Waals surface area contributed by atoms with Gasteiger partial charge >= 0.3 is 71.6 Å². The highest BCUT2D eigenvalue weighted by molar-refractivity contribution is 7.57. The first-order valence-corrected chi connectivity index (χ1v) is 15.2. The minimum absolute atomic E-state index is 0.168. The van der Waals surface area contributed by atoms with E-state index in [2.05, 4.69) is 0 Å². The van der Waals surface area contributed by atoms with Crippen molar-refractivity contribution in [3.63, 3.8) is 0 Å². The van der Waals surface area contributed by atoms with Gasteiger partial charge < -0.3 is 0 Å². The van der Waals surface area contributed by atoms with Crippen LogP contribution in [0, 0.1) is 11.3 Å². The Labute approximate surface area is 271 Å². The summed E-state index contributed by atoms with van der Waals surface area (Å²) in [6.45, 7) is 5.30. The van der Waals surface area contributed by atoms with Crippen molar-refractivity contribution < 1.29 is 114 Å². The third-order valence-corrected chi connectivity index (χ3v) is 9.86. The van der Waals surface area contributed by atoms with Crippen molar-refractivity contribution >= 4 is 7.92 Å². The first kappa shape index (κ1) is 49.6. The molecule has 0 aromatic carbocycles. The molecule has 0 aromatic heterocycles. The largest absolute Gasteiger partial charge is 0.460 e. The Balaban J connectivity index is 6.72. The summed E-state index contributed by atoms with van der Waals surface area (Å²) < 4.78 is 349. The molecule has 0 N–H and O–H groups in total. The summed E-state index contributed by atoms with van der Waals surface area (Å²) in [5.41, 5.74) is -0.844. The van der Waals surface area contributed by atoms with Crippen LogP contribution in [0.1, 0.15) is 47.0 Å². The van der Waals surface area contributed by atoms with Gasteiger partial charge in [-0.15, -0.1) is 7.92 Å². The van der Waals surface area contributed by atoms with Crippen LogP contribution in [0.2, 0.25) is 0 Å². The van der Waals surface area contributed by atoms with E-state index in [0.717, 1.165) is 6.92 Å². The van der Waals surface area contributed by atoms with Gasteiger partial charge in [-0.1, -0.05) is 27.7 Å². The van der Waals surface area contributed by atoms with Crippen LogP contribution in [-0.4, -0.2) is 90.1 Å².